The van der Waals surface area contributed by atoms with Gasteiger partial charge in [-0.25, -0.2) is 23.1 Å². The van der Waals surface area contributed by atoms with Crippen LogP contribution < -0.4 is 15.5 Å². The van der Waals surface area contributed by atoms with E-state index in [-0.39, 0.29) is 36.7 Å². The fourth-order valence-electron chi connectivity index (χ4n) is 9.12. The maximum absolute atomic E-state index is 16.0. The van der Waals surface area contributed by atoms with Gasteiger partial charge in [0.2, 0.25) is 0 Å². The van der Waals surface area contributed by atoms with Crippen LogP contribution in [0.2, 0.25) is 0 Å². The molecule has 0 bridgehead atoms. The van der Waals surface area contributed by atoms with Crippen molar-refractivity contribution in [3.05, 3.63) is 47.3 Å². The summed E-state index contributed by atoms with van der Waals surface area (Å²) in [6.07, 6.45) is 5.66. The summed E-state index contributed by atoms with van der Waals surface area (Å²) in [5.74, 6) is -2.34. The van der Waals surface area contributed by atoms with Gasteiger partial charge in [0, 0.05) is 71.2 Å². The predicted molar refractivity (Wildman–Crippen MR) is 201 cm³/mol. The molecule has 8 rings (SSSR count). The number of anilines is 3. The van der Waals surface area contributed by atoms with E-state index in [0.717, 1.165) is 36.2 Å². The Balaban J connectivity index is 0.911. The van der Waals surface area contributed by atoms with Gasteiger partial charge >= 0.3 is 6.09 Å². The Hall–Kier alpha value is -4.08. The molecule has 1 spiro atoms. The SMILES string of the molecule is CNc1cc(N2CCc3c(CN4CC5(CCN(C6CCN(C(=O)OC(C)(C)C)CC6)CC5(F)F)C4)cccc32)nn2c(C(=O)N[C@@H]3CC[C@H]3OC)cnc12. The van der Waals surface area contributed by atoms with Crippen molar-refractivity contribution in [2.24, 2.45) is 5.41 Å². The molecule has 13 nitrogen and oxygen atoms in total. The lowest BCUT2D eigenvalue weighted by molar-refractivity contribution is -0.231. The lowest BCUT2D eigenvalue weighted by Crippen LogP contribution is -2.70. The number of nitrogens with one attached hydrogen (secondary N) is 2. The molecular formula is C39H53F2N9O4. The van der Waals surface area contributed by atoms with E-state index < -0.39 is 16.9 Å². The first kappa shape index (κ1) is 36.9. The molecule has 292 valence electrons. The highest BCUT2D eigenvalue weighted by Gasteiger charge is 2.62. The molecule has 2 atom stereocenters. The second-order valence-corrected chi connectivity index (χ2v) is 16.8. The van der Waals surface area contributed by atoms with Crippen molar-refractivity contribution in [1.82, 2.24) is 34.6 Å². The summed E-state index contributed by atoms with van der Waals surface area (Å²) < 4.78 is 44.6. The van der Waals surface area contributed by atoms with Crippen molar-refractivity contribution in [1.29, 1.82) is 0 Å². The smallest absolute Gasteiger partial charge is 0.410 e. The molecule has 2 N–H and O–H groups in total. The van der Waals surface area contributed by atoms with E-state index in [1.165, 1.54) is 5.56 Å². The van der Waals surface area contributed by atoms with Gasteiger partial charge in [-0.1, -0.05) is 12.1 Å². The van der Waals surface area contributed by atoms with E-state index in [2.05, 4.69) is 37.6 Å². The van der Waals surface area contributed by atoms with Crippen LogP contribution in [-0.4, -0.2) is 131 Å². The van der Waals surface area contributed by atoms with Crippen LogP contribution in [0.5, 0.6) is 0 Å². The van der Waals surface area contributed by atoms with Gasteiger partial charge in [0.05, 0.1) is 36.0 Å². The molecule has 0 unspecified atom stereocenters. The average Bonchev–Trinajstić information content (AvgIpc) is 3.74. The summed E-state index contributed by atoms with van der Waals surface area (Å²) >= 11 is 0. The molecule has 0 radical (unpaired) electrons. The highest BCUT2D eigenvalue weighted by molar-refractivity contribution is 5.94. The number of aromatic nitrogens is 3. The van der Waals surface area contributed by atoms with Gasteiger partial charge in [-0.05, 0) is 83.0 Å². The Morgan fingerprint density at radius 3 is 2.48 bits per heavy atom. The number of methoxy groups -OCH3 is 1. The number of imidazole rings is 1. The Morgan fingerprint density at radius 1 is 1.04 bits per heavy atom. The molecule has 3 aromatic rings. The average molecular weight is 750 g/mol. The standard InChI is InChI=1S/C39H53F2N9O4/c1-37(2,3)54-36(52)47-15-11-26(12-16-47)48-18-14-38(39(40,41)24-48)22-46(23-38)21-25-7-6-8-30-27(25)13-17-49(30)33-19-29(42-4)34-43-20-31(50(34)45-33)35(51)44-28-9-10-32(28)53-5/h6-8,19-20,26,28,32,42H,9-18,21-24H2,1-5H3,(H,44,51)/t28-,32-/m1/s1. The normalized spacial score (nSPS) is 24.3. The first-order chi connectivity index (χ1) is 25.8. The van der Waals surface area contributed by atoms with Crippen LogP contribution in [0.3, 0.4) is 0 Å². The molecule has 2 aromatic heterocycles. The first-order valence-electron chi connectivity index (χ1n) is 19.4. The number of rotatable bonds is 8. The van der Waals surface area contributed by atoms with E-state index in [1.54, 1.807) is 22.7 Å². The van der Waals surface area contributed by atoms with Gasteiger partial charge in [0.15, 0.2) is 17.2 Å². The minimum atomic E-state index is -2.79. The number of fused-ring (bicyclic) bond motifs is 2. The third-order valence-corrected chi connectivity index (χ3v) is 12.3. The third kappa shape index (κ3) is 6.65. The minimum absolute atomic E-state index is 0.0133. The van der Waals surface area contributed by atoms with E-state index >= 15 is 8.78 Å². The molecule has 4 aliphatic heterocycles. The van der Waals surface area contributed by atoms with Crippen LogP contribution in [0.15, 0.2) is 30.5 Å². The Morgan fingerprint density at radius 2 is 1.81 bits per heavy atom. The number of halogens is 2. The number of piperidine rings is 2. The summed E-state index contributed by atoms with van der Waals surface area (Å²) in [5.41, 5.74) is 3.49. The monoisotopic (exact) mass is 749 g/mol. The number of alkyl halides is 2. The fraction of sp³-hybridized carbons (Fsp3) is 0.641. The number of likely N-dealkylation sites (tertiary alicyclic amines) is 3. The minimum Gasteiger partial charge on any atom is -0.444 e. The zero-order valence-corrected chi connectivity index (χ0v) is 32.0. The molecule has 5 aliphatic rings. The maximum atomic E-state index is 16.0. The van der Waals surface area contributed by atoms with Gasteiger partial charge in [-0.3, -0.25) is 14.6 Å². The highest BCUT2D eigenvalue weighted by atomic mass is 19.3. The first-order valence-corrected chi connectivity index (χ1v) is 19.4. The molecular weight excluding hydrogens is 696 g/mol. The van der Waals surface area contributed by atoms with Gasteiger partial charge in [0.1, 0.15) is 5.60 Å². The number of hydrogen-bond acceptors (Lipinski definition) is 10. The molecule has 1 saturated carbocycles. The molecule has 15 heteroatoms. The van der Waals surface area contributed by atoms with Crippen molar-refractivity contribution >= 4 is 34.8 Å². The number of carbonyl (C=O) groups excluding carboxylic acids is 2. The van der Waals surface area contributed by atoms with Crippen LogP contribution in [0.1, 0.15) is 74.5 Å². The molecule has 3 saturated heterocycles. The van der Waals surface area contributed by atoms with Gasteiger partial charge in [-0.15, -0.1) is 5.10 Å². The number of amides is 2. The molecule has 2 amide bonds. The Kier molecular flexibility index (Phi) is 9.49. The van der Waals surface area contributed by atoms with Gasteiger partial charge < -0.3 is 29.9 Å². The van der Waals surface area contributed by atoms with Crippen LogP contribution >= 0.6 is 0 Å². The van der Waals surface area contributed by atoms with Crippen molar-refractivity contribution in [3.63, 3.8) is 0 Å². The van der Waals surface area contributed by atoms with Crippen LogP contribution in [0.25, 0.3) is 5.65 Å². The predicted octanol–water partition coefficient (Wildman–Crippen LogP) is 4.91. The maximum Gasteiger partial charge on any atom is 0.410 e. The number of carbonyl (C=O) groups is 2. The van der Waals surface area contributed by atoms with Crippen molar-refractivity contribution in [2.45, 2.75) is 95.6 Å². The van der Waals surface area contributed by atoms with Gasteiger partial charge in [0.25, 0.3) is 11.8 Å². The van der Waals surface area contributed by atoms with Crippen LogP contribution in [0.4, 0.5) is 30.8 Å². The molecule has 4 fully saturated rings. The van der Waals surface area contributed by atoms with E-state index in [4.69, 9.17) is 14.6 Å². The lowest BCUT2D eigenvalue weighted by atomic mass is 9.68. The topological polar surface area (TPSA) is 120 Å². The van der Waals surface area contributed by atoms with Crippen molar-refractivity contribution in [2.75, 3.05) is 70.2 Å². The molecule has 1 aromatic carbocycles. The Labute approximate surface area is 315 Å². The van der Waals surface area contributed by atoms with Gasteiger partial charge in [-0.2, -0.15) is 0 Å². The third-order valence-electron chi connectivity index (χ3n) is 12.3. The van der Waals surface area contributed by atoms with Crippen molar-refractivity contribution in [3.8, 4) is 0 Å². The number of benzene rings is 1. The Bertz CT molecular complexity index is 1900. The second-order valence-electron chi connectivity index (χ2n) is 16.8. The largest absolute Gasteiger partial charge is 0.444 e. The summed E-state index contributed by atoms with van der Waals surface area (Å²) in [6, 6.07) is 8.19. The van der Waals surface area contributed by atoms with Crippen molar-refractivity contribution < 1.29 is 27.8 Å². The molecule has 54 heavy (non-hydrogen) atoms. The second kappa shape index (κ2) is 13.9. The summed E-state index contributed by atoms with van der Waals surface area (Å²) in [5, 5.41) is 11.2. The van der Waals surface area contributed by atoms with E-state index in [1.807, 2.05) is 44.9 Å². The zero-order valence-electron chi connectivity index (χ0n) is 32.0. The summed E-state index contributed by atoms with van der Waals surface area (Å²) in [7, 11) is 3.49. The van der Waals surface area contributed by atoms with Crippen LogP contribution in [0, 0.1) is 5.41 Å². The quantitative estimate of drug-likeness (QED) is 0.329. The molecule has 6 heterocycles. The van der Waals surface area contributed by atoms with E-state index in [9.17, 15) is 9.59 Å². The lowest BCUT2D eigenvalue weighted by Gasteiger charge is -2.58. The highest BCUT2D eigenvalue weighted by Crippen LogP contribution is 2.51. The molecule has 1 aliphatic carbocycles. The fourth-order valence-corrected chi connectivity index (χ4v) is 9.12. The zero-order chi connectivity index (χ0) is 38.0. The van der Waals surface area contributed by atoms with E-state index in [0.29, 0.717) is 82.2 Å². The number of hydrogen-bond donors (Lipinski definition) is 2. The summed E-state index contributed by atoms with van der Waals surface area (Å²) in [6.45, 7) is 9.09. The van der Waals surface area contributed by atoms with Crippen LogP contribution in [-0.2, 0) is 22.4 Å². The summed E-state index contributed by atoms with van der Waals surface area (Å²) in [4.78, 5) is 38.4. The number of ether oxygens (including phenoxy) is 2. The number of nitrogens with zero attached hydrogens (tertiary/aromatic N) is 7.